The molecule has 84 valence electrons. The van der Waals surface area contributed by atoms with E-state index in [0.717, 1.165) is 0 Å². The van der Waals surface area contributed by atoms with E-state index in [1.807, 2.05) is 0 Å². The lowest BCUT2D eigenvalue weighted by Crippen LogP contribution is -2.26. The maximum absolute atomic E-state index is 11.1. The van der Waals surface area contributed by atoms with Crippen LogP contribution in [0.3, 0.4) is 0 Å². The van der Waals surface area contributed by atoms with Gasteiger partial charge in [-0.2, -0.15) is 0 Å². The molecule has 1 amide bonds. The first kappa shape index (κ1) is 10.6. The van der Waals surface area contributed by atoms with Gasteiger partial charge in [-0.05, 0) is 24.6 Å². The van der Waals surface area contributed by atoms with Gasteiger partial charge in [0.05, 0.1) is 11.7 Å². The van der Waals surface area contributed by atoms with Gasteiger partial charge in [-0.1, -0.05) is 6.07 Å². The van der Waals surface area contributed by atoms with Crippen molar-refractivity contribution in [2.75, 3.05) is 11.9 Å². The largest absolute Gasteiger partial charge is 0.482 e. The highest BCUT2D eigenvalue weighted by atomic mass is 16.5. The van der Waals surface area contributed by atoms with Crippen LogP contribution < -0.4 is 15.8 Å². The third-order valence-corrected chi connectivity index (χ3v) is 2.43. The van der Waals surface area contributed by atoms with Crippen molar-refractivity contribution in [3.63, 3.8) is 0 Å². The van der Waals surface area contributed by atoms with Crippen LogP contribution in [0.2, 0.25) is 0 Å². The minimum absolute atomic E-state index is 0.0190. The summed E-state index contributed by atoms with van der Waals surface area (Å²) < 4.78 is 5.19. The van der Waals surface area contributed by atoms with E-state index in [1.165, 1.54) is 6.92 Å². The molecule has 0 fully saturated rings. The molecule has 0 aromatic heterocycles. The van der Waals surface area contributed by atoms with Crippen molar-refractivity contribution in [1.29, 1.82) is 0 Å². The van der Waals surface area contributed by atoms with Crippen molar-refractivity contribution in [1.82, 2.24) is 0 Å². The molecule has 0 saturated heterocycles. The summed E-state index contributed by atoms with van der Waals surface area (Å²) in [4.78, 5) is 22.2. The number of carbonyl (C=O) groups excluding carboxylic acids is 2. The number of benzene rings is 1. The van der Waals surface area contributed by atoms with Gasteiger partial charge in [0.25, 0.3) is 5.91 Å². The Hall–Kier alpha value is -1.88. The molecule has 0 saturated carbocycles. The van der Waals surface area contributed by atoms with Crippen molar-refractivity contribution in [3.8, 4) is 5.75 Å². The number of carbonyl (C=O) groups is 2. The highest BCUT2D eigenvalue weighted by molar-refractivity contribution is 5.95. The molecule has 16 heavy (non-hydrogen) atoms. The highest BCUT2D eigenvalue weighted by Gasteiger charge is 2.18. The van der Waals surface area contributed by atoms with E-state index in [0.29, 0.717) is 17.0 Å². The fourth-order valence-electron chi connectivity index (χ4n) is 1.53. The van der Waals surface area contributed by atoms with E-state index in [4.69, 9.17) is 10.5 Å². The monoisotopic (exact) mass is 220 g/mol. The Labute approximate surface area is 92.6 Å². The Balaban J connectivity index is 2.34. The van der Waals surface area contributed by atoms with Gasteiger partial charge in [0.1, 0.15) is 5.75 Å². The number of hydrogen-bond donors (Lipinski definition) is 2. The number of nitrogens with two attached hydrogens (primary N) is 1. The Morgan fingerprint density at radius 3 is 3.00 bits per heavy atom. The first-order valence-electron chi connectivity index (χ1n) is 4.90. The van der Waals surface area contributed by atoms with Gasteiger partial charge in [-0.25, -0.2) is 0 Å². The van der Waals surface area contributed by atoms with Gasteiger partial charge in [0, 0.05) is 0 Å². The van der Waals surface area contributed by atoms with Crippen LogP contribution in [0.1, 0.15) is 18.5 Å². The van der Waals surface area contributed by atoms with Gasteiger partial charge >= 0.3 is 0 Å². The standard InChI is InChI=1S/C11H12N2O3/c1-6(14)11(12)7-2-3-9-8(4-7)13-10(15)5-16-9/h2-4,11H,5,12H2,1H3,(H,13,15). The third-order valence-electron chi connectivity index (χ3n) is 2.43. The predicted molar refractivity (Wildman–Crippen MR) is 58.2 cm³/mol. The summed E-state index contributed by atoms with van der Waals surface area (Å²) in [5, 5.41) is 2.66. The summed E-state index contributed by atoms with van der Waals surface area (Å²) >= 11 is 0. The fourth-order valence-corrected chi connectivity index (χ4v) is 1.53. The van der Waals surface area contributed by atoms with E-state index >= 15 is 0 Å². The lowest BCUT2D eigenvalue weighted by atomic mass is 10.0. The lowest BCUT2D eigenvalue weighted by molar-refractivity contribution is -0.119. The van der Waals surface area contributed by atoms with E-state index in [-0.39, 0.29) is 18.3 Å². The zero-order chi connectivity index (χ0) is 11.7. The molecule has 2 rings (SSSR count). The zero-order valence-corrected chi connectivity index (χ0v) is 8.82. The maximum Gasteiger partial charge on any atom is 0.262 e. The Bertz CT molecular complexity index is 457. The molecule has 0 aliphatic carbocycles. The Morgan fingerprint density at radius 2 is 2.31 bits per heavy atom. The van der Waals surface area contributed by atoms with Crippen LogP contribution >= 0.6 is 0 Å². The minimum atomic E-state index is -0.663. The molecular formula is C11H12N2O3. The second-order valence-corrected chi connectivity index (χ2v) is 3.68. The maximum atomic E-state index is 11.1. The predicted octanol–water partition coefficient (Wildman–Crippen LogP) is 0.606. The molecule has 0 bridgehead atoms. The van der Waals surface area contributed by atoms with Crippen molar-refractivity contribution in [2.45, 2.75) is 13.0 Å². The second-order valence-electron chi connectivity index (χ2n) is 3.68. The first-order valence-corrected chi connectivity index (χ1v) is 4.90. The van der Waals surface area contributed by atoms with E-state index < -0.39 is 6.04 Å². The van der Waals surface area contributed by atoms with Crippen molar-refractivity contribution in [2.24, 2.45) is 5.73 Å². The number of ketones is 1. The number of nitrogens with one attached hydrogen (secondary N) is 1. The van der Waals surface area contributed by atoms with Gasteiger partial charge < -0.3 is 15.8 Å². The average Bonchev–Trinajstić information content (AvgIpc) is 2.26. The van der Waals surface area contributed by atoms with E-state index in [1.54, 1.807) is 18.2 Å². The van der Waals surface area contributed by atoms with Crippen LogP contribution in [0.15, 0.2) is 18.2 Å². The molecule has 1 heterocycles. The van der Waals surface area contributed by atoms with Gasteiger partial charge in [-0.3, -0.25) is 9.59 Å². The number of Topliss-reactive ketones (excluding diaryl/α,β-unsaturated/α-hetero) is 1. The smallest absolute Gasteiger partial charge is 0.262 e. The number of fused-ring (bicyclic) bond motifs is 1. The quantitative estimate of drug-likeness (QED) is 0.765. The zero-order valence-electron chi connectivity index (χ0n) is 8.82. The normalized spacial score (nSPS) is 15.8. The van der Waals surface area contributed by atoms with E-state index in [2.05, 4.69) is 5.32 Å². The second kappa shape index (κ2) is 3.94. The molecular weight excluding hydrogens is 208 g/mol. The fraction of sp³-hybridized carbons (Fsp3) is 0.273. The van der Waals surface area contributed by atoms with Gasteiger partial charge in [0.2, 0.25) is 0 Å². The summed E-state index contributed by atoms with van der Waals surface area (Å²) in [6, 6.07) is 4.43. The van der Waals surface area contributed by atoms with Gasteiger partial charge in [0.15, 0.2) is 12.4 Å². The third kappa shape index (κ3) is 1.90. The minimum Gasteiger partial charge on any atom is -0.482 e. The lowest BCUT2D eigenvalue weighted by Gasteiger charge is -2.19. The van der Waals surface area contributed by atoms with Crippen molar-refractivity contribution >= 4 is 17.4 Å². The van der Waals surface area contributed by atoms with Gasteiger partial charge in [-0.15, -0.1) is 0 Å². The molecule has 0 spiro atoms. The summed E-state index contributed by atoms with van der Waals surface area (Å²) in [5.74, 6) is 0.267. The highest BCUT2D eigenvalue weighted by Crippen LogP contribution is 2.30. The molecule has 0 radical (unpaired) electrons. The molecule has 1 aliphatic heterocycles. The van der Waals surface area contributed by atoms with Crippen LogP contribution in [-0.2, 0) is 9.59 Å². The Morgan fingerprint density at radius 1 is 1.56 bits per heavy atom. The summed E-state index contributed by atoms with van der Waals surface area (Å²) in [6.45, 7) is 1.45. The summed E-state index contributed by atoms with van der Waals surface area (Å²) in [7, 11) is 0. The topological polar surface area (TPSA) is 81.4 Å². The molecule has 5 heteroatoms. The number of amides is 1. The number of hydrogen-bond acceptors (Lipinski definition) is 4. The molecule has 3 N–H and O–H groups in total. The van der Waals surface area contributed by atoms with Crippen LogP contribution in [0.4, 0.5) is 5.69 Å². The summed E-state index contributed by atoms with van der Waals surface area (Å²) in [6.07, 6.45) is 0. The first-order chi connectivity index (χ1) is 7.58. The SMILES string of the molecule is CC(=O)C(N)c1ccc2c(c1)NC(=O)CO2. The number of anilines is 1. The van der Waals surface area contributed by atoms with Crippen LogP contribution in [-0.4, -0.2) is 18.3 Å². The van der Waals surface area contributed by atoms with E-state index in [9.17, 15) is 9.59 Å². The van der Waals surface area contributed by atoms with Crippen molar-refractivity contribution < 1.29 is 14.3 Å². The number of rotatable bonds is 2. The van der Waals surface area contributed by atoms with Crippen LogP contribution in [0.5, 0.6) is 5.75 Å². The van der Waals surface area contributed by atoms with Crippen LogP contribution in [0.25, 0.3) is 0 Å². The molecule has 1 aromatic carbocycles. The Kier molecular flexibility index (Phi) is 2.62. The molecule has 5 nitrogen and oxygen atoms in total. The van der Waals surface area contributed by atoms with Crippen molar-refractivity contribution in [3.05, 3.63) is 23.8 Å². The summed E-state index contributed by atoms with van der Waals surface area (Å²) in [5.41, 5.74) is 6.93. The molecule has 1 atom stereocenters. The average molecular weight is 220 g/mol. The number of ether oxygens (including phenoxy) is 1. The molecule has 1 unspecified atom stereocenters. The van der Waals surface area contributed by atoms with Crippen LogP contribution in [0, 0.1) is 0 Å². The molecule has 1 aromatic rings. The molecule has 1 aliphatic rings.